The van der Waals surface area contributed by atoms with Crippen molar-refractivity contribution in [2.75, 3.05) is 5.32 Å². The van der Waals surface area contributed by atoms with Gasteiger partial charge in [-0.3, -0.25) is 9.59 Å². The summed E-state index contributed by atoms with van der Waals surface area (Å²) in [5, 5.41) is 8.59. The van der Waals surface area contributed by atoms with Gasteiger partial charge in [-0.05, 0) is 48.2 Å². The average molecular weight is 407 g/mol. The number of carbonyl (C=O) groups is 2. The van der Waals surface area contributed by atoms with Crippen LogP contribution in [0.1, 0.15) is 28.6 Å². The number of hydrazone groups is 1. The van der Waals surface area contributed by atoms with Crippen molar-refractivity contribution in [1.29, 1.82) is 0 Å². The van der Waals surface area contributed by atoms with Gasteiger partial charge in [-0.1, -0.05) is 36.4 Å². The van der Waals surface area contributed by atoms with Gasteiger partial charge in [0.1, 0.15) is 12.4 Å². The second-order valence-electron chi connectivity index (χ2n) is 6.29. The van der Waals surface area contributed by atoms with E-state index in [-0.39, 0.29) is 18.2 Å². The molecule has 0 spiro atoms. The molecule has 0 aliphatic rings. The Hall–Kier alpha value is -3.45. The predicted octanol–water partition coefficient (Wildman–Crippen LogP) is 4.46. The fourth-order valence-corrected chi connectivity index (χ4v) is 3.08. The monoisotopic (exact) mass is 407 g/mol. The largest absolute Gasteiger partial charge is 0.489 e. The van der Waals surface area contributed by atoms with Gasteiger partial charge in [0.25, 0.3) is 5.91 Å². The number of benzene rings is 2. The highest BCUT2D eigenvalue weighted by Gasteiger charge is 2.08. The van der Waals surface area contributed by atoms with Gasteiger partial charge in [-0.25, -0.2) is 5.43 Å². The highest BCUT2D eigenvalue weighted by molar-refractivity contribution is 7.12. The number of rotatable bonds is 8. The molecule has 2 amide bonds. The molecule has 2 aromatic carbocycles. The van der Waals surface area contributed by atoms with Gasteiger partial charge < -0.3 is 10.1 Å². The lowest BCUT2D eigenvalue weighted by atomic mass is 10.2. The number of thiophene rings is 1. The number of nitrogens with zero attached hydrogens (tertiary/aromatic N) is 1. The Morgan fingerprint density at radius 1 is 1.00 bits per heavy atom. The van der Waals surface area contributed by atoms with Crippen LogP contribution in [0, 0.1) is 0 Å². The molecule has 0 unspecified atom stereocenters. The number of ether oxygens (including phenoxy) is 1. The second kappa shape index (κ2) is 10.2. The first-order valence-electron chi connectivity index (χ1n) is 9.04. The Balaban J connectivity index is 1.45. The molecule has 3 rings (SSSR count). The minimum Gasteiger partial charge on any atom is -0.489 e. The molecule has 0 radical (unpaired) electrons. The zero-order valence-corrected chi connectivity index (χ0v) is 16.7. The van der Waals surface area contributed by atoms with Crippen molar-refractivity contribution in [2.45, 2.75) is 20.0 Å². The van der Waals surface area contributed by atoms with Crippen molar-refractivity contribution in [1.82, 2.24) is 5.43 Å². The van der Waals surface area contributed by atoms with E-state index in [1.165, 1.54) is 11.3 Å². The smallest absolute Gasteiger partial charge is 0.281 e. The number of amides is 2. The van der Waals surface area contributed by atoms with Gasteiger partial charge in [-0.15, -0.1) is 11.3 Å². The third kappa shape index (κ3) is 6.58. The second-order valence-corrected chi connectivity index (χ2v) is 7.24. The van der Waals surface area contributed by atoms with Gasteiger partial charge in [-0.2, -0.15) is 5.10 Å². The fourth-order valence-electron chi connectivity index (χ4n) is 2.46. The van der Waals surface area contributed by atoms with Crippen molar-refractivity contribution >= 4 is 34.6 Å². The van der Waals surface area contributed by atoms with Crippen LogP contribution in [0.25, 0.3) is 0 Å². The van der Waals surface area contributed by atoms with Crippen LogP contribution in [-0.2, 0) is 11.4 Å². The molecule has 7 heteroatoms. The number of hydrogen-bond acceptors (Lipinski definition) is 5. The Morgan fingerprint density at radius 3 is 2.45 bits per heavy atom. The lowest BCUT2D eigenvalue weighted by molar-refractivity contribution is -0.115. The van der Waals surface area contributed by atoms with Gasteiger partial charge in [0.15, 0.2) is 0 Å². The average Bonchev–Trinajstić information content (AvgIpc) is 3.27. The minimum absolute atomic E-state index is 0.0803. The first-order valence-corrected chi connectivity index (χ1v) is 9.92. The molecule has 6 nitrogen and oxygen atoms in total. The molecule has 29 heavy (non-hydrogen) atoms. The molecule has 0 atom stereocenters. The molecule has 2 N–H and O–H groups in total. The van der Waals surface area contributed by atoms with E-state index in [1.54, 1.807) is 43.3 Å². The summed E-state index contributed by atoms with van der Waals surface area (Å²) >= 11 is 1.33. The van der Waals surface area contributed by atoms with Crippen molar-refractivity contribution in [3.8, 4) is 5.75 Å². The van der Waals surface area contributed by atoms with Crippen LogP contribution in [0.5, 0.6) is 5.75 Å². The predicted molar refractivity (Wildman–Crippen MR) is 115 cm³/mol. The van der Waals surface area contributed by atoms with Gasteiger partial charge >= 0.3 is 0 Å². The van der Waals surface area contributed by atoms with Crippen LogP contribution in [0.4, 0.5) is 5.69 Å². The van der Waals surface area contributed by atoms with Gasteiger partial charge in [0.05, 0.1) is 11.3 Å². The Labute approximate surface area is 173 Å². The Kier molecular flexibility index (Phi) is 7.13. The summed E-state index contributed by atoms with van der Waals surface area (Å²) in [6, 6.07) is 20.6. The molecule has 0 bridgehead atoms. The summed E-state index contributed by atoms with van der Waals surface area (Å²) in [6.07, 6.45) is 0.0803. The maximum absolute atomic E-state index is 12.2. The van der Waals surface area contributed by atoms with E-state index in [1.807, 2.05) is 35.7 Å². The van der Waals surface area contributed by atoms with E-state index in [0.717, 1.165) is 11.3 Å². The van der Waals surface area contributed by atoms with Crippen LogP contribution in [0.3, 0.4) is 0 Å². The van der Waals surface area contributed by atoms with E-state index in [2.05, 4.69) is 15.8 Å². The summed E-state index contributed by atoms with van der Waals surface area (Å²) in [5.74, 6) is 0.223. The fraction of sp³-hybridized carbons (Fsp3) is 0.136. The number of nitrogens with one attached hydrogen (secondary N) is 2. The summed E-state index contributed by atoms with van der Waals surface area (Å²) in [5.41, 5.74) is 4.71. The molecule has 148 valence electrons. The van der Waals surface area contributed by atoms with Gasteiger partial charge in [0.2, 0.25) is 5.91 Å². The quantitative estimate of drug-likeness (QED) is 0.427. The molecule has 1 aromatic heterocycles. The summed E-state index contributed by atoms with van der Waals surface area (Å²) < 4.78 is 5.73. The maximum Gasteiger partial charge on any atom is 0.281 e. The molecule has 1 heterocycles. The number of hydrogen-bond donors (Lipinski definition) is 2. The summed E-state index contributed by atoms with van der Waals surface area (Å²) in [7, 11) is 0. The first-order chi connectivity index (χ1) is 14.1. The summed E-state index contributed by atoms with van der Waals surface area (Å²) in [6.45, 7) is 2.17. The van der Waals surface area contributed by atoms with Crippen molar-refractivity contribution in [3.63, 3.8) is 0 Å². The minimum atomic E-state index is -0.286. The lowest BCUT2D eigenvalue weighted by Crippen LogP contribution is -2.20. The SMILES string of the molecule is CC(CC(=O)Nc1ccc(OCc2ccccc2)cc1)=NNC(=O)c1cccs1. The van der Waals surface area contributed by atoms with Crippen LogP contribution in [0.2, 0.25) is 0 Å². The molecule has 3 aromatic rings. The van der Waals surface area contributed by atoms with Crippen LogP contribution < -0.4 is 15.5 Å². The van der Waals surface area contributed by atoms with E-state index < -0.39 is 0 Å². The highest BCUT2D eigenvalue weighted by atomic mass is 32.1. The lowest BCUT2D eigenvalue weighted by Gasteiger charge is -2.08. The number of carbonyl (C=O) groups excluding carboxylic acids is 2. The zero-order valence-electron chi connectivity index (χ0n) is 15.9. The van der Waals surface area contributed by atoms with Crippen LogP contribution in [0.15, 0.2) is 77.2 Å². The normalized spacial score (nSPS) is 11.0. The highest BCUT2D eigenvalue weighted by Crippen LogP contribution is 2.17. The molecular formula is C22H21N3O3S. The van der Waals surface area contributed by atoms with E-state index in [9.17, 15) is 9.59 Å². The van der Waals surface area contributed by atoms with E-state index >= 15 is 0 Å². The van der Waals surface area contributed by atoms with E-state index in [0.29, 0.717) is 22.9 Å². The van der Waals surface area contributed by atoms with Crippen LogP contribution >= 0.6 is 11.3 Å². The van der Waals surface area contributed by atoms with Crippen molar-refractivity contribution in [2.24, 2.45) is 5.10 Å². The number of anilines is 1. The molecule has 0 aliphatic carbocycles. The third-order valence-electron chi connectivity index (χ3n) is 3.90. The standard InChI is InChI=1S/C22H21N3O3S/c1-16(24-25-22(27)20-8-5-13-29-20)14-21(26)23-18-9-11-19(12-10-18)28-15-17-6-3-2-4-7-17/h2-13H,14-15H2,1H3,(H,23,26)(H,25,27). The Morgan fingerprint density at radius 2 is 1.76 bits per heavy atom. The molecule has 0 saturated heterocycles. The maximum atomic E-state index is 12.2. The summed E-state index contributed by atoms with van der Waals surface area (Å²) in [4.78, 5) is 24.6. The zero-order chi connectivity index (χ0) is 20.5. The van der Waals surface area contributed by atoms with Gasteiger partial charge in [0, 0.05) is 11.4 Å². The topological polar surface area (TPSA) is 79.8 Å². The molecule has 0 fully saturated rings. The molecule has 0 aliphatic heterocycles. The van der Waals surface area contributed by atoms with E-state index in [4.69, 9.17) is 4.74 Å². The van der Waals surface area contributed by atoms with Crippen molar-refractivity contribution in [3.05, 3.63) is 82.6 Å². The molecular weight excluding hydrogens is 386 g/mol. The Bertz CT molecular complexity index is 968. The molecule has 0 saturated carbocycles. The van der Waals surface area contributed by atoms with Crippen LogP contribution in [-0.4, -0.2) is 17.5 Å². The third-order valence-corrected chi connectivity index (χ3v) is 4.76. The first kappa shape index (κ1) is 20.3. The van der Waals surface area contributed by atoms with Crippen molar-refractivity contribution < 1.29 is 14.3 Å².